The Morgan fingerprint density at radius 1 is 1.54 bits per heavy atom. The molecule has 0 amide bonds. The van der Waals surface area contributed by atoms with E-state index in [9.17, 15) is 4.79 Å². The topological polar surface area (TPSA) is 17.1 Å². The Morgan fingerprint density at radius 2 is 2.08 bits per heavy atom. The molecule has 0 N–H and O–H groups in total. The van der Waals surface area contributed by atoms with E-state index in [0.717, 1.165) is 5.57 Å². The maximum absolute atomic E-state index is 11.4. The molecule has 1 heteroatoms. The summed E-state index contributed by atoms with van der Waals surface area (Å²) < 4.78 is 0. The van der Waals surface area contributed by atoms with Crippen molar-refractivity contribution >= 4 is 5.78 Å². The van der Waals surface area contributed by atoms with Gasteiger partial charge in [-0.3, -0.25) is 4.79 Å². The third kappa shape index (κ3) is 1.64. The third-order valence-electron chi connectivity index (χ3n) is 2.57. The first-order valence-electron chi connectivity index (χ1n) is 4.44. The van der Waals surface area contributed by atoms with Crippen molar-refractivity contribution in [1.29, 1.82) is 0 Å². The SMILES string of the molecule is C=C(C)C1C(=C)C(=O)C=CC1(C)C. The first-order chi connectivity index (χ1) is 5.86. The van der Waals surface area contributed by atoms with Gasteiger partial charge in [-0.15, -0.1) is 0 Å². The Balaban J connectivity index is 3.17. The van der Waals surface area contributed by atoms with Crippen molar-refractivity contribution in [2.75, 3.05) is 0 Å². The van der Waals surface area contributed by atoms with Crippen LogP contribution in [0.3, 0.4) is 0 Å². The molecule has 1 nitrogen and oxygen atoms in total. The maximum atomic E-state index is 11.4. The lowest BCUT2D eigenvalue weighted by molar-refractivity contribution is -0.112. The summed E-state index contributed by atoms with van der Waals surface area (Å²) in [5.74, 6) is 0.123. The van der Waals surface area contributed by atoms with Crippen LogP contribution in [0.1, 0.15) is 20.8 Å². The molecule has 1 atom stereocenters. The molecule has 0 spiro atoms. The molecule has 0 aromatic rings. The van der Waals surface area contributed by atoms with Gasteiger partial charge in [-0.05, 0) is 18.4 Å². The van der Waals surface area contributed by atoms with Crippen LogP contribution in [0.5, 0.6) is 0 Å². The Morgan fingerprint density at radius 3 is 2.46 bits per heavy atom. The number of hydrogen-bond donors (Lipinski definition) is 0. The molecular formula is C12H16O. The van der Waals surface area contributed by atoms with E-state index in [1.807, 2.05) is 13.0 Å². The lowest BCUT2D eigenvalue weighted by Crippen LogP contribution is -2.30. The number of ketones is 1. The van der Waals surface area contributed by atoms with E-state index in [0.29, 0.717) is 5.57 Å². The fourth-order valence-corrected chi connectivity index (χ4v) is 2.02. The van der Waals surface area contributed by atoms with Gasteiger partial charge in [-0.1, -0.05) is 38.7 Å². The number of rotatable bonds is 1. The number of carbonyl (C=O) groups excluding carboxylic acids is 1. The zero-order chi connectivity index (χ0) is 10.2. The summed E-state index contributed by atoms with van der Waals surface area (Å²) in [7, 11) is 0. The standard InChI is InChI=1S/C12H16O/c1-8(2)11-9(3)10(13)6-7-12(11,4)5/h6-7,11H,1,3H2,2,4-5H3. The van der Waals surface area contributed by atoms with Crippen LogP contribution in [-0.4, -0.2) is 5.78 Å². The molecule has 13 heavy (non-hydrogen) atoms. The van der Waals surface area contributed by atoms with Gasteiger partial charge < -0.3 is 0 Å². The van der Waals surface area contributed by atoms with Crippen LogP contribution in [0.15, 0.2) is 36.5 Å². The van der Waals surface area contributed by atoms with Crippen LogP contribution in [0, 0.1) is 11.3 Å². The highest BCUT2D eigenvalue weighted by molar-refractivity contribution is 6.05. The first kappa shape index (κ1) is 9.97. The van der Waals surface area contributed by atoms with E-state index >= 15 is 0 Å². The lowest BCUT2D eigenvalue weighted by atomic mass is 9.67. The lowest BCUT2D eigenvalue weighted by Gasteiger charge is -2.35. The van der Waals surface area contributed by atoms with Crippen molar-refractivity contribution in [2.24, 2.45) is 11.3 Å². The van der Waals surface area contributed by atoms with Crippen molar-refractivity contribution in [3.8, 4) is 0 Å². The summed E-state index contributed by atoms with van der Waals surface area (Å²) in [5.41, 5.74) is 1.64. The van der Waals surface area contributed by atoms with Gasteiger partial charge in [-0.2, -0.15) is 0 Å². The highest BCUT2D eigenvalue weighted by Crippen LogP contribution is 2.41. The van der Waals surface area contributed by atoms with Gasteiger partial charge in [-0.25, -0.2) is 0 Å². The van der Waals surface area contributed by atoms with Crippen molar-refractivity contribution in [2.45, 2.75) is 20.8 Å². The molecule has 0 heterocycles. The van der Waals surface area contributed by atoms with E-state index in [1.54, 1.807) is 6.08 Å². The Bertz CT molecular complexity index is 305. The number of allylic oxidation sites excluding steroid dienone is 4. The van der Waals surface area contributed by atoms with Gasteiger partial charge in [0, 0.05) is 11.5 Å². The van der Waals surface area contributed by atoms with Crippen molar-refractivity contribution < 1.29 is 4.79 Å². The molecular weight excluding hydrogens is 160 g/mol. The zero-order valence-corrected chi connectivity index (χ0v) is 8.55. The quantitative estimate of drug-likeness (QED) is 0.443. The summed E-state index contributed by atoms with van der Waals surface area (Å²) in [5, 5.41) is 0. The van der Waals surface area contributed by atoms with E-state index in [4.69, 9.17) is 0 Å². The van der Waals surface area contributed by atoms with Gasteiger partial charge >= 0.3 is 0 Å². The molecule has 0 aromatic carbocycles. The average Bonchev–Trinajstić information content (AvgIpc) is 1.96. The minimum Gasteiger partial charge on any atom is -0.290 e. The highest BCUT2D eigenvalue weighted by atomic mass is 16.1. The number of hydrogen-bond acceptors (Lipinski definition) is 1. The van der Waals surface area contributed by atoms with Crippen molar-refractivity contribution in [1.82, 2.24) is 0 Å². The molecule has 0 radical (unpaired) electrons. The Kier molecular flexibility index (Phi) is 2.29. The van der Waals surface area contributed by atoms with E-state index in [2.05, 4.69) is 27.0 Å². The van der Waals surface area contributed by atoms with Gasteiger partial charge in [0.25, 0.3) is 0 Å². The van der Waals surface area contributed by atoms with Crippen molar-refractivity contribution in [3.63, 3.8) is 0 Å². The molecule has 70 valence electrons. The third-order valence-corrected chi connectivity index (χ3v) is 2.57. The predicted molar refractivity (Wildman–Crippen MR) is 55.4 cm³/mol. The molecule has 1 aliphatic rings. The van der Waals surface area contributed by atoms with E-state index in [-0.39, 0.29) is 17.1 Å². The summed E-state index contributed by atoms with van der Waals surface area (Å²) >= 11 is 0. The van der Waals surface area contributed by atoms with Crippen LogP contribution in [-0.2, 0) is 4.79 Å². The molecule has 0 aromatic heterocycles. The monoisotopic (exact) mass is 176 g/mol. The predicted octanol–water partition coefficient (Wildman–Crippen LogP) is 2.90. The van der Waals surface area contributed by atoms with Crippen LogP contribution in [0.4, 0.5) is 0 Å². The van der Waals surface area contributed by atoms with Gasteiger partial charge in [0.15, 0.2) is 5.78 Å². The summed E-state index contributed by atoms with van der Waals surface area (Å²) in [6, 6.07) is 0. The molecule has 1 unspecified atom stereocenters. The summed E-state index contributed by atoms with van der Waals surface area (Å²) in [6.45, 7) is 13.9. The largest absolute Gasteiger partial charge is 0.290 e. The number of carbonyl (C=O) groups is 1. The van der Waals surface area contributed by atoms with Crippen LogP contribution in [0.25, 0.3) is 0 Å². The highest BCUT2D eigenvalue weighted by Gasteiger charge is 2.35. The fourth-order valence-electron chi connectivity index (χ4n) is 2.02. The van der Waals surface area contributed by atoms with Crippen LogP contribution in [0.2, 0.25) is 0 Å². The van der Waals surface area contributed by atoms with E-state index < -0.39 is 0 Å². The zero-order valence-electron chi connectivity index (χ0n) is 8.55. The Labute approximate surface area is 79.8 Å². The fraction of sp³-hybridized carbons (Fsp3) is 0.417. The second-order valence-corrected chi connectivity index (χ2v) is 4.32. The maximum Gasteiger partial charge on any atom is 0.181 e. The smallest absolute Gasteiger partial charge is 0.181 e. The molecule has 0 fully saturated rings. The molecule has 0 saturated carbocycles. The summed E-state index contributed by atoms with van der Waals surface area (Å²) in [4.78, 5) is 11.4. The summed E-state index contributed by atoms with van der Waals surface area (Å²) in [6.07, 6.45) is 3.56. The van der Waals surface area contributed by atoms with Gasteiger partial charge in [0.1, 0.15) is 0 Å². The first-order valence-corrected chi connectivity index (χ1v) is 4.44. The second-order valence-electron chi connectivity index (χ2n) is 4.32. The second kappa shape index (κ2) is 2.99. The van der Waals surface area contributed by atoms with E-state index in [1.165, 1.54) is 0 Å². The minimum atomic E-state index is -0.0309. The Hall–Kier alpha value is -1.11. The average molecular weight is 176 g/mol. The van der Waals surface area contributed by atoms with Crippen LogP contribution < -0.4 is 0 Å². The molecule has 0 bridgehead atoms. The molecule has 0 aliphatic heterocycles. The molecule has 1 rings (SSSR count). The van der Waals surface area contributed by atoms with Crippen LogP contribution >= 0.6 is 0 Å². The van der Waals surface area contributed by atoms with Gasteiger partial charge in [0.2, 0.25) is 0 Å². The molecule has 1 aliphatic carbocycles. The molecule has 0 saturated heterocycles. The minimum absolute atomic E-state index is 0.0309. The van der Waals surface area contributed by atoms with Gasteiger partial charge in [0.05, 0.1) is 0 Å². The van der Waals surface area contributed by atoms with Crippen molar-refractivity contribution in [3.05, 3.63) is 36.5 Å². The normalized spacial score (nSPS) is 26.2.